The summed E-state index contributed by atoms with van der Waals surface area (Å²) >= 11 is 0. The Kier molecular flexibility index (Phi) is 5.45. The summed E-state index contributed by atoms with van der Waals surface area (Å²) < 4.78 is 83.6. The second-order valence-electron chi connectivity index (χ2n) is 6.11. The molecule has 0 fully saturated rings. The van der Waals surface area contributed by atoms with Crippen LogP contribution in [0.25, 0.3) is 0 Å². The highest BCUT2D eigenvalue weighted by atomic mass is 19.4. The van der Waals surface area contributed by atoms with Gasteiger partial charge >= 0.3 is 12.4 Å². The molecular weight excluding hydrogens is 402 g/mol. The van der Waals surface area contributed by atoms with Crippen LogP contribution in [0.1, 0.15) is 45.3 Å². The molecule has 29 heavy (non-hydrogen) atoms. The minimum absolute atomic E-state index is 0.0788. The Morgan fingerprint density at radius 3 is 2.17 bits per heavy atom. The predicted molar refractivity (Wildman–Crippen MR) is 88.0 cm³/mol. The first-order valence-electron chi connectivity index (χ1n) is 8.20. The summed E-state index contributed by atoms with van der Waals surface area (Å²) in [5, 5.41) is 3.38. The molecule has 0 saturated carbocycles. The number of carbonyl (C=O) groups excluding carboxylic acids is 1. The van der Waals surface area contributed by atoms with Gasteiger partial charge in [-0.05, 0) is 29.8 Å². The van der Waals surface area contributed by atoms with Crippen molar-refractivity contribution in [2.24, 2.45) is 0 Å². The number of nitrogens with zero attached hydrogens (tertiary/aromatic N) is 2. The van der Waals surface area contributed by atoms with Crippen LogP contribution in [-0.4, -0.2) is 15.9 Å². The zero-order valence-corrected chi connectivity index (χ0v) is 14.5. The second kappa shape index (κ2) is 7.69. The molecule has 0 amide bonds. The van der Waals surface area contributed by atoms with Crippen molar-refractivity contribution in [1.82, 2.24) is 10.1 Å². The number of pyridine rings is 1. The van der Waals surface area contributed by atoms with Gasteiger partial charge in [0.2, 0.25) is 11.5 Å². The van der Waals surface area contributed by atoms with Crippen molar-refractivity contribution in [3.05, 3.63) is 83.0 Å². The number of halogens is 6. The molecule has 1 aromatic carbocycles. The quantitative estimate of drug-likeness (QED) is 0.408. The van der Waals surface area contributed by atoms with E-state index in [0.717, 1.165) is 42.6 Å². The minimum Gasteiger partial charge on any atom is -0.353 e. The maximum atomic E-state index is 13.5. The molecule has 1 atom stereocenters. The number of benzene rings is 1. The van der Waals surface area contributed by atoms with Gasteiger partial charge in [-0.15, -0.1) is 0 Å². The van der Waals surface area contributed by atoms with Crippen LogP contribution in [0, 0.1) is 0 Å². The van der Waals surface area contributed by atoms with Gasteiger partial charge in [-0.2, -0.15) is 26.3 Å². The van der Waals surface area contributed by atoms with E-state index in [9.17, 15) is 31.1 Å². The van der Waals surface area contributed by atoms with Gasteiger partial charge in [-0.25, -0.2) is 0 Å². The molecule has 0 saturated heterocycles. The number of rotatable bonds is 5. The smallest absolute Gasteiger partial charge is 0.353 e. The Labute approximate surface area is 160 Å². The Morgan fingerprint density at radius 1 is 0.931 bits per heavy atom. The monoisotopic (exact) mass is 414 g/mol. The molecule has 0 N–H and O–H groups in total. The third-order valence-electron chi connectivity index (χ3n) is 4.22. The van der Waals surface area contributed by atoms with Crippen molar-refractivity contribution in [3.8, 4) is 0 Å². The molecule has 3 rings (SSSR count). The van der Waals surface area contributed by atoms with Crippen LogP contribution in [-0.2, 0) is 12.4 Å². The average Bonchev–Trinajstić information content (AvgIpc) is 3.20. The highest BCUT2D eigenvalue weighted by molar-refractivity contribution is 5.94. The first-order chi connectivity index (χ1) is 13.6. The van der Waals surface area contributed by atoms with Gasteiger partial charge in [-0.1, -0.05) is 17.3 Å². The molecule has 0 radical (unpaired) electrons. The van der Waals surface area contributed by atoms with E-state index >= 15 is 0 Å². The highest BCUT2D eigenvalue weighted by Gasteiger charge is 2.37. The summed E-state index contributed by atoms with van der Waals surface area (Å²) in [6.07, 6.45) is -7.54. The Morgan fingerprint density at radius 2 is 1.62 bits per heavy atom. The first kappa shape index (κ1) is 20.6. The van der Waals surface area contributed by atoms with Crippen molar-refractivity contribution < 1.29 is 35.7 Å². The van der Waals surface area contributed by atoms with Crippen LogP contribution in [0.4, 0.5) is 26.3 Å². The van der Waals surface area contributed by atoms with Gasteiger partial charge in [0.25, 0.3) is 0 Å². The summed E-state index contributed by atoms with van der Waals surface area (Å²) in [6.45, 7) is 0. The molecule has 0 aliphatic heterocycles. The number of hydrogen-bond donors (Lipinski definition) is 0. The molecule has 0 aliphatic carbocycles. The van der Waals surface area contributed by atoms with E-state index in [1.807, 2.05) is 0 Å². The zero-order valence-electron chi connectivity index (χ0n) is 14.5. The number of ketones is 1. The molecule has 2 heterocycles. The molecule has 10 heteroatoms. The SMILES string of the molecule is O=C(C[C@@H](c1ccc(C(F)(F)F)cc1)c1ncccc1C(F)(F)F)c1ccno1. The highest BCUT2D eigenvalue weighted by Crippen LogP contribution is 2.39. The summed E-state index contributed by atoms with van der Waals surface area (Å²) in [6, 6.07) is 6.71. The molecule has 4 nitrogen and oxygen atoms in total. The number of hydrogen-bond acceptors (Lipinski definition) is 4. The van der Waals surface area contributed by atoms with E-state index in [1.54, 1.807) is 0 Å². The van der Waals surface area contributed by atoms with Crippen LogP contribution >= 0.6 is 0 Å². The van der Waals surface area contributed by atoms with E-state index < -0.39 is 47.3 Å². The fraction of sp³-hybridized carbons (Fsp3) is 0.211. The Bertz CT molecular complexity index is 979. The molecule has 0 bridgehead atoms. The van der Waals surface area contributed by atoms with E-state index in [1.165, 1.54) is 12.3 Å². The largest absolute Gasteiger partial charge is 0.418 e. The second-order valence-corrected chi connectivity index (χ2v) is 6.11. The lowest BCUT2D eigenvalue weighted by Gasteiger charge is -2.21. The lowest BCUT2D eigenvalue weighted by atomic mass is 9.87. The molecule has 3 aromatic rings. The maximum absolute atomic E-state index is 13.5. The number of alkyl halides is 6. The fourth-order valence-corrected chi connectivity index (χ4v) is 2.86. The lowest BCUT2D eigenvalue weighted by molar-refractivity contribution is -0.139. The summed E-state index contributed by atoms with van der Waals surface area (Å²) in [4.78, 5) is 16.2. The molecule has 0 unspecified atom stereocenters. The molecule has 152 valence electrons. The van der Waals surface area contributed by atoms with Crippen molar-refractivity contribution in [3.63, 3.8) is 0 Å². The third-order valence-corrected chi connectivity index (χ3v) is 4.22. The topological polar surface area (TPSA) is 56.0 Å². The van der Waals surface area contributed by atoms with Crippen LogP contribution in [0.5, 0.6) is 0 Å². The van der Waals surface area contributed by atoms with Gasteiger partial charge in [-0.3, -0.25) is 9.78 Å². The normalized spacial score (nSPS) is 13.3. The van der Waals surface area contributed by atoms with Crippen LogP contribution in [0.3, 0.4) is 0 Å². The van der Waals surface area contributed by atoms with Crippen LogP contribution in [0.15, 0.2) is 59.4 Å². The number of Topliss-reactive ketones (excluding diaryl/α,β-unsaturated/α-hetero) is 1. The van der Waals surface area contributed by atoms with Crippen molar-refractivity contribution in [1.29, 1.82) is 0 Å². The lowest BCUT2D eigenvalue weighted by Crippen LogP contribution is -2.17. The van der Waals surface area contributed by atoms with Crippen molar-refractivity contribution >= 4 is 5.78 Å². The van der Waals surface area contributed by atoms with Crippen LogP contribution < -0.4 is 0 Å². The molecule has 0 spiro atoms. The van der Waals surface area contributed by atoms with Crippen molar-refractivity contribution in [2.75, 3.05) is 0 Å². The van der Waals surface area contributed by atoms with Crippen molar-refractivity contribution in [2.45, 2.75) is 24.7 Å². The van der Waals surface area contributed by atoms with E-state index in [2.05, 4.69) is 10.1 Å². The first-order valence-corrected chi connectivity index (χ1v) is 8.20. The van der Waals surface area contributed by atoms with Gasteiger partial charge in [0, 0.05) is 24.6 Å². The summed E-state index contributed by atoms with van der Waals surface area (Å²) in [7, 11) is 0. The molecule has 0 aliphatic rings. The Hall–Kier alpha value is -3.17. The maximum Gasteiger partial charge on any atom is 0.418 e. The third kappa shape index (κ3) is 4.64. The van der Waals surface area contributed by atoms with E-state index in [4.69, 9.17) is 4.52 Å². The minimum atomic E-state index is -4.76. The van der Waals surface area contributed by atoms with E-state index in [-0.39, 0.29) is 11.3 Å². The predicted octanol–water partition coefficient (Wildman–Crippen LogP) is 5.51. The van der Waals surface area contributed by atoms with Crippen LogP contribution in [0.2, 0.25) is 0 Å². The number of aromatic nitrogens is 2. The standard InChI is InChI=1S/C19H12F6N2O2/c20-18(21,22)12-5-3-11(4-6-12)13(10-15(28)16-7-9-27-29-16)17-14(19(23,24)25)2-1-8-26-17/h1-9,13H,10H2/t13-/m0/s1. The summed E-state index contributed by atoms with van der Waals surface area (Å²) in [5.74, 6) is -2.08. The number of carbonyl (C=O) groups is 1. The summed E-state index contributed by atoms with van der Waals surface area (Å²) in [5.41, 5.74) is -2.42. The van der Waals surface area contributed by atoms with Gasteiger partial charge in [0.1, 0.15) is 0 Å². The molecular formula is C19H12F6N2O2. The zero-order chi connectivity index (χ0) is 21.2. The fourth-order valence-electron chi connectivity index (χ4n) is 2.86. The van der Waals surface area contributed by atoms with Gasteiger partial charge < -0.3 is 4.52 Å². The Balaban J connectivity index is 2.07. The molecule has 2 aromatic heterocycles. The van der Waals surface area contributed by atoms with Gasteiger partial charge in [0.05, 0.1) is 23.0 Å². The average molecular weight is 414 g/mol. The van der Waals surface area contributed by atoms with E-state index in [0.29, 0.717) is 0 Å². The van der Waals surface area contributed by atoms with Gasteiger partial charge in [0.15, 0.2) is 0 Å².